The summed E-state index contributed by atoms with van der Waals surface area (Å²) >= 11 is 0. The SMILES string of the molecule is COc1ccc2nc(C)cc(OCC(=O)Nc3cc(C)cc(C)c3)c2n1. The number of benzene rings is 1. The highest BCUT2D eigenvalue weighted by Gasteiger charge is 2.11. The third kappa shape index (κ3) is 4.08. The van der Waals surface area contributed by atoms with Crippen molar-refractivity contribution in [3.05, 3.63) is 53.2 Å². The second-order valence-corrected chi connectivity index (χ2v) is 6.20. The molecule has 2 heterocycles. The zero-order valence-corrected chi connectivity index (χ0v) is 15.3. The molecular formula is C20H21N3O3. The Hall–Kier alpha value is -3.15. The van der Waals surface area contributed by atoms with Crippen molar-refractivity contribution >= 4 is 22.6 Å². The van der Waals surface area contributed by atoms with E-state index < -0.39 is 0 Å². The van der Waals surface area contributed by atoms with Gasteiger partial charge in [0.25, 0.3) is 5.91 Å². The Morgan fingerprint density at radius 3 is 2.46 bits per heavy atom. The average Bonchev–Trinajstić information content (AvgIpc) is 2.58. The number of hydrogen-bond donors (Lipinski definition) is 1. The maximum absolute atomic E-state index is 12.3. The largest absolute Gasteiger partial charge is 0.481 e. The van der Waals surface area contributed by atoms with Gasteiger partial charge in [0.1, 0.15) is 11.3 Å². The van der Waals surface area contributed by atoms with Crippen LogP contribution in [-0.4, -0.2) is 29.6 Å². The second-order valence-electron chi connectivity index (χ2n) is 6.20. The summed E-state index contributed by atoms with van der Waals surface area (Å²) in [6, 6.07) is 11.2. The van der Waals surface area contributed by atoms with E-state index in [0.717, 1.165) is 22.5 Å². The molecule has 0 saturated heterocycles. The van der Waals surface area contributed by atoms with Crippen LogP contribution in [0.4, 0.5) is 5.69 Å². The first-order valence-electron chi connectivity index (χ1n) is 8.28. The summed E-state index contributed by atoms with van der Waals surface area (Å²) in [5.41, 5.74) is 4.98. The van der Waals surface area contributed by atoms with Crippen LogP contribution in [0, 0.1) is 20.8 Å². The summed E-state index contributed by atoms with van der Waals surface area (Å²) in [6.07, 6.45) is 0. The fraction of sp³-hybridized carbons (Fsp3) is 0.250. The van der Waals surface area contributed by atoms with Crippen molar-refractivity contribution in [2.24, 2.45) is 0 Å². The van der Waals surface area contributed by atoms with E-state index in [1.165, 1.54) is 0 Å². The van der Waals surface area contributed by atoms with Gasteiger partial charge in [0.15, 0.2) is 6.61 Å². The molecule has 134 valence electrons. The van der Waals surface area contributed by atoms with Gasteiger partial charge < -0.3 is 14.8 Å². The van der Waals surface area contributed by atoms with Crippen LogP contribution < -0.4 is 14.8 Å². The molecular weight excluding hydrogens is 330 g/mol. The molecule has 3 aromatic rings. The summed E-state index contributed by atoms with van der Waals surface area (Å²) in [4.78, 5) is 21.1. The van der Waals surface area contributed by atoms with Gasteiger partial charge in [0.2, 0.25) is 5.88 Å². The van der Waals surface area contributed by atoms with Crippen LogP contribution in [0.3, 0.4) is 0 Å². The molecule has 26 heavy (non-hydrogen) atoms. The van der Waals surface area contributed by atoms with Crippen LogP contribution in [0.5, 0.6) is 11.6 Å². The van der Waals surface area contributed by atoms with Crippen molar-refractivity contribution in [2.45, 2.75) is 20.8 Å². The lowest BCUT2D eigenvalue weighted by Gasteiger charge is -2.11. The van der Waals surface area contributed by atoms with E-state index in [9.17, 15) is 4.79 Å². The Balaban J connectivity index is 1.77. The summed E-state index contributed by atoms with van der Waals surface area (Å²) in [6.45, 7) is 5.73. The first-order chi connectivity index (χ1) is 12.4. The molecule has 0 atom stereocenters. The van der Waals surface area contributed by atoms with Crippen molar-refractivity contribution < 1.29 is 14.3 Å². The number of anilines is 1. The Labute approximate surface area is 152 Å². The second kappa shape index (κ2) is 7.39. The van der Waals surface area contributed by atoms with Crippen LogP contribution in [0.1, 0.15) is 16.8 Å². The number of ether oxygens (including phenoxy) is 2. The van der Waals surface area contributed by atoms with E-state index in [2.05, 4.69) is 21.4 Å². The number of methoxy groups -OCH3 is 1. The molecule has 0 saturated carbocycles. The number of hydrogen-bond acceptors (Lipinski definition) is 5. The Bertz CT molecular complexity index is 950. The maximum atomic E-state index is 12.3. The molecule has 6 nitrogen and oxygen atoms in total. The van der Waals surface area contributed by atoms with E-state index in [0.29, 0.717) is 22.7 Å². The lowest BCUT2D eigenvalue weighted by Crippen LogP contribution is -2.20. The van der Waals surface area contributed by atoms with E-state index >= 15 is 0 Å². The predicted molar refractivity (Wildman–Crippen MR) is 101 cm³/mol. The minimum atomic E-state index is -0.236. The van der Waals surface area contributed by atoms with Gasteiger partial charge >= 0.3 is 0 Å². The molecule has 0 radical (unpaired) electrons. The van der Waals surface area contributed by atoms with Crippen LogP contribution in [0.2, 0.25) is 0 Å². The van der Waals surface area contributed by atoms with Crippen molar-refractivity contribution in [1.29, 1.82) is 0 Å². The number of aryl methyl sites for hydroxylation is 3. The zero-order valence-electron chi connectivity index (χ0n) is 15.3. The first kappa shape index (κ1) is 17.7. The smallest absolute Gasteiger partial charge is 0.262 e. The lowest BCUT2D eigenvalue weighted by molar-refractivity contribution is -0.118. The molecule has 1 N–H and O–H groups in total. The highest BCUT2D eigenvalue weighted by molar-refractivity contribution is 5.92. The van der Waals surface area contributed by atoms with Gasteiger partial charge in [-0.25, -0.2) is 4.98 Å². The number of fused-ring (bicyclic) bond motifs is 1. The van der Waals surface area contributed by atoms with E-state index in [-0.39, 0.29) is 12.5 Å². The minimum absolute atomic E-state index is 0.121. The van der Waals surface area contributed by atoms with E-state index in [4.69, 9.17) is 9.47 Å². The van der Waals surface area contributed by atoms with E-state index in [1.807, 2.05) is 39.0 Å². The monoisotopic (exact) mass is 351 g/mol. The summed E-state index contributed by atoms with van der Waals surface area (Å²) in [5, 5.41) is 2.85. The highest BCUT2D eigenvalue weighted by Crippen LogP contribution is 2.26. The Morgan fingerprint density at radius 2 is 1.77 bits per heavy atom. The van der Waals surface area contributed by atoms with Crippen molar-refractivity contribution in [2.75, 3.05) is 19.0 Å². The van der Waals surface area contributed by atoms with Gasteiger partial charge in [-0.3, -0.25) is 9.78 Å². The van der Waals surface area contributed by atoms with Crippen molar-refractivity contribution in [3.8, 4) is 11.6 Å². The predicted octanol–water partition coefficient (Wildman–Crippen LogP) is 3.58. The molecule has 2 aromatic heterocycles. The summed E-state index contributed by atoms with van der Waals surface area (Å²) in [5.74, 6) is 0.732. The number of nitrogens with zero attached hydrogens (tertiary/aromatic N) is 2. The van der Waals surface area contributed by atoms with Gasteiger partial charge in [-0.2, -0.15) is 0 Å². The Kier molecular flexibility index (Phi) is 5.02. The van der Waals surface area contributed by atoms with E-state index in [1.54, 1.807) is 19.2 Å². The standard InChI is InChI=1S/C20H21N3O3/c1-12-7-13(2)9-15(8-12)22-18(24)11-26-17-10-14(3)21-16-5-6-19(25-4)23-20(16)17/h5-10H,11H2,1-4H3,(H,22,24). The van der Waals surface area contributed by atoms with Gasteiger partial charge in [0, 0.05) is 23.5 Å². The normalized spacial score (nSPS) is 10.6. The quantitative estimate of drug-likeness (QED) is 0.760. The maximum Gasteiger partial charge on any atom is 0.262 e. The molecule has 0 spiro atoms. The number of rotatable bonds is 5. The molecule has 0 aliphatic heterocycles. The Morgan fingerprint density at radius 1 is 1.04 bits per heavy atom. The zero-order chi connectivity index (χ0) is 18.7. The van der Waals surface area contributed by atoms with Crippen LogP contribution in [-0.2, 0) is 4.79 Å². The van der Waals surface area contributed by atoms with Crippen LogP contribution >= 0.6 is 0 Å². The van der Waals surface area contributed by atoms with Crippen LogP contribution in [0.25, 0.3) is 11.0 Å². The van der Waals surface area contributed by atoms with Gasteiger partial charge in [-0.1, -0.05) is 6.07 Å². The summed E-state index contributed by atoms with van der Waals surface area (Å²) < 4.78 is 10.9. The van der Waals surface area contributed by atoms with Gasteiger partial charge in [0.05, 0.1) is 12.6 Å². The van der Waals surface area contributed by atoms with Crippen molar-refractivity contribution in [3.63, 3.8) is 0 Å². The molecule has 6 heteroatoms. The topological polar surface area (TPSA) is 73.3 Å². The molecule has 0 bridgehead atoms. The number of pyridine rings is 2. The molecule has 3 rings (SSSR count). The number of amides is 1. The molecule has 0 unspecified atom stereocenters. The molecule has 0 fully saturated rings. The first-order valence-corrected chi connectivity index (χ1v) is 8.28. The number of carbonyl (C=O) groups excluding carboxylic acids is 1. The third-order valence-corrected chi connectivity index (χ3v) is 3.79. The molecule has 0 aliphatic rings. The summed E-state index contributed by atoms with van der Waals surface area (Å²) in [7, 11) is 1.55. The fourth-order valence-corrected chi connectivity index (χ4v) is 2.80. The van der Waals surface area contributed by atoms with Gasteiger partial charge in [-0.05, 0) is 50.1 Å². The number of aromatic nitrogens is 2. The third-order valence-electron chi connectivity index (χ3n) is 3.79. The minimum Gasteiger partial charge on any atom is -0.481 e. The number of nitrogens with one attached hydrogen (secondary N) is 1. The average molecular weight is 351 g/mol. The fourth-order valence-electron chi connectivity index (χ4n) is 2.80. The van der Waals surface area contributed by atoms with Crippen molar-refractivity contribution in [1.82, 2.24) is 9.97 Å². The molecule has 1 amide bonds. The highest BCUT2D eigenvalue weighted by atomic mass is 16.5. The lowest BCUT2D eigenvalue weighted by atomic mass is 10.1. The van der Waals surface area contributed by atoms with Gasteiger partial charge in [-0.15, -0.1) is 0 Å². The van der Waals surface area contributed by atoms with Crippen LogP contribution in [0.15, 0.2) is 36.4 Å². The molecule has 0 aliphatic carbocycles. The molecule has 1 aromatic carbocycles. The number of carbonyl (C=O) groups is 1.